The Hall–Kier alpha value is -2.93. The number of rotatable bonds is 8. The molecule has 0 bridgehead atoms. The Morgan fingerprint density at radius 1 is 1.40 bits per heavy atom. The number of anilines is 1. The van der Waals surface area contributed by atoms with E-state index in [1.165, 1.54) is 12.1 Å². The highest BCUT2D eigenvalue weighted by molar-refractivity contribution is 5.98. The molecule has 0 radical (unpaired) electrons. The van der Waals surface area contributed by atoms with E-state index >= 15 is 0 Å². The lowest BCUT2D eigenvalue weighted by molar-refractivity contribution is 0.0951. The first-order valence-corrected chi connectivity index (χ1v) is 7.60. The first kappa shape index (κ1) is 18.4. The van der Waals surface area contributed by atoms with Gasteiger partial charge in [0.15, 0.2) is 11.6 Å². The standard InChI is InChI=1S/C18H20FN3O3/c1-3-9-25-15-6-4-5-12(16(15)19)10-21-18(23)14-8-7-13(11-24-2)22-17(14)20/h3-8H,1,9-11H2,2H3,(H2,20,22)(H,21,23). The number of nitrogen functional groups attached to an aromatic ring is 1. The number of hydrogen-bond donors (Lipinski definition) is 2. The van der Waals surface area contributed by atoms with Crippen LogP contribution in [0, 0.1) is 5.82 Å². The largest absolute Gasteiger partial charge is 0.486 e. The summed E-state index contributed by atoms with van der Waals surface area (Å²) < 4.78 is 24.5. The number of benzene rings is 1. The number of pyridine rings is 1. The summed E-state index contributed by atoms with van der Waals surface area (Å²) in [5.74, 6) is -0.760. The maximum atomic E-state index is 14.3. The second kappa shape index (κ2) is 8.79. The van der Waals surface area contributed by atoms with Crippen molar-refractivity contribution in [3.63, 3.8) is 0 Å². The van der Waals surface area contributed by atoms with Crippen molar-refractivity contribution in [1.29, 1.82) is 0 Å². The zero-order chi connectivity index (χ0) is 18.2. The summed E-state index contributed by atoms with van der Waals surface area (Å²) in [6.07, 6.45) is 1.52. The van der Waals surface area contributed by atoms with Gasteiger partial charge in [-0.2, -0.15) is 0 Å². The molecule has 1 aromatic heterocycles. The molecule has 0 fully saturated rings. The van der Waals surface area contributed by atoms with Crippen LogP contribution in [0.5, 0.6) is 5.75 Å². The van der Waals surface area contributed by atoms with Crippen molar-refractivity contribution in [3.8, 4) is 5.75 Å². The molecule has 2 aromatic rings. The maximum Gasteiger partial charge on any atom is 0.255 e. The minimum absolute atomic E-state index is 0.00474. The number of hydrogen-bond acceptors (Lipinski definition) is 5. The number of nitrogens with one attached hydrogen (secondary N) is 1. The Labute approximate surface area is 145 Å². The smallest absolute Gasteiger partial charge is 0.255 e. The van der Waals surface area contributed by atoms with Crippen LogP contribution >= 0.6 is 0 Å². The number of nitrogens with two attached hydrogens (primary N) is 1. The predicted octanol–water partition coefficient (Wildman–Crippen LogP) is 2.44. The third kappa shape index (κ3) is 4.77. The van der Waals surface area contributed by atoms with Gasteiger partial charge in [-0.25, -0.2) is 9.37 Å². The Morgan fingerprint density at radius 2 is 2.20 bits per heavy atom. The fourth-order valence-electron chi connectivity index (χ4n) is 2.16. The van der Waals surface area contributed by atoms with Crippen LogP contribution in [0.1, 0.15) is 21.6 Å². The van der Waals surface area contributed by atoms with Gasteiger partial charge in [-0.05, 0) is 18.2 Å². The van der Waals surface area contributed by atoms with Crippen molar-refractivity contribution in [2.75, 3.05) is 19.5 Å². The number of aromatic nitrogens is 1. The Kier molecular flexibility index (Phi) is 6.47. The van der Waals surface area contributed by atoms with E-state index in [9.17, 15) is 9.18 Å². The third-order valence-electron chi connectivity index (χ3n) is 3.36. The van der Waals surface area contributed by atoms with E-state index in [0.717, 1.165) is 0 Å². The van der Waals surface area contributed by atoms with Crippen molar-refractivity contribution >= 4 is 11.7 Å². The van der Waals surface area contributed by atoms with Gasteiger partial charge in [0.25, 0.3) is 5.91 Å². The van der Waals surface area contributed by atoms with Gasteiger partial charge in [-0.1, -0.05) is 24.8 Å². The molecule has 1 heterocycles. The summed E-state index contributed by atoms with van der Waals surface area (Å²) in [5.41, 5.74) is 6.94. The van der Waals surface area contributed by atoms with E-state index in [4.69, 9.17) is 15.2 Å². The van der Waals surface area contributed by atoms with Gasteiger partial charge in [0.1, 0.15) is 12.4 Å². The van der Waals surface area contributed by atoms with Gasteiger partial charge in [0, 0.05) is 19.2 Å². The van der Waals surface area contributed by atoms with Gasteiger partial charge in [0.05, 0.1) is 17.9 Å². The Balaban J connectivity index is 2.06. The molecule has 0 aliphatic heterocycles. The van der Waals surface area contributed by atoms with Crippen LogP contribution < -0.4 is 15.8 Å². The normalized spacial score (nSPS) is 10.3. The molecule has 25 heavy (non-hydrogen) atoms. The fourth-order valence-corrected chi connectivity index (χ4v) is 2.16. The summed E-state index contributed by atoms with van der Waals surface area (Å²) in [6, 6.07) is 7.95. The van der Waals surface area contributed by atoms with E-state index in [1.54, 1.807) is 31.4 Å². The second-order valence-corrected chi connectivity index (χ2v) is 5.18. The minimum Gasteiger partial charge on any atom is -0.486 e. The molecule has 1 aromatic carbocycles. The lowest BCUT2D eigenvalue weighted by Gasteiger charge is -2.11. The Morgan fingerprint density at radius 3 is 2.88 bits per heavy atom. The molecule has 3 N–H and O–H groups in total. The highest BCUT2D eigenvalue weighted by atomic mass is 19.1. The quantitative estimate of drug-likeness (QED) is 0.718. The van der Waals surface area contributed by atoms with Crippen molar-refractivity contribution in [2.45, 2.75) is 13.2 Å². The molecule has 0 spiro atoms. The molecular weight excluding hydrogens is 325 g/mol. The summed E-state index contributed by atoms with van der Waals surface area (Å²) in [5, 5.41) is 2.63. The third-order valence-corrected chi connectivity index (χ3v) is 3.36. The summed E-state index contributed by atoms with van der Waals surface area (Å²) >= 11 is 0. The maximum absolute atomic E-state index is 14.3. The predicted molar refractivity (Wildman–Crippen MR) is 92.6 cm³/mol. The monoisotopic (exact) mass is 345 g/mol. The first-order chi connectivity index (χ1) is 12.1. The molecule has 2 rings (SSSR count). The molecule has 0 saturated carbocycles. The number of carbonyl (C=O) groups excluding carboxylic acids is 1. The molecule has 0 saturated heterocycles. The zero-order valence-corrected chi connectivity index (χ0v) is 13.9. The van der Waals surface area contributed by atoms with Crippen LogP contribution in [0.3, 0.4) is 0 Å². The summed E-state index contributed by atoms with van der Waals surface area (Å²) in [4.78, 5) is 16.3. The summed E-state index contributed by atoms with van der Waals surface area (Å²) in [6.45, 7) is 4.01. The van der Waals surface area contributed by atoms with Gasteiger partial charge >= 0.3 is 0 Å². The highest BCUT2D eigenvalue weighted by Gasteiger charge is 2.14. The molecule has 132 valence electrons. The minimum atomic E-state index is -0.522. The van der Waals surface area contributed by atoms with Crippen LogP contribution in [-0.4, -0.2) is 24.6 Å². The SMILES string of the molecule is C=CCOc1cccc(CNC(=O)c2ccc(COC)nc2N)c1F. The molecule has 0 unspecified atom stereocenters. The number of nitrogens with zero attached hydrogens (tertiary/aromatic N) is 1. The topological polar surface area (TPSA) is 86.5 Å². The van der Waals surface area contributed by atoms with Crippen LogP contribution in [0.15, 0.2) is 43.0 Å². The number of methoxy groups -OCH3 is 1. The lowest BCUT2D eigenvalue weighted by atomic mass is 10.1. The van der Waals surface area contributed by atoms with Gasteiger partial charge in [-0.15, -0.1) is 0 Å². The number of ether oxygens (including phenoxy) is 2. The second-order valence-electron chi connectivity index (χ2n) is 5.18. The van der Waals surface area contributed by atoms with E-state index in [-0.39, 0.29) is 30.3 Å². The number of amides is 1. The van der Waals surface area contributed by atoms with Crippen LogP contribution in [0.4, 0.5) is 10.2 Å². The molecule has 0 atom stereocenters. The lowest BCUT2D eigenvalue weighted by Crippen LogP contribution is -2.25. The van der Waals surface area contributed by atoms with Crippen molar-refractivity contribution in [2.24, 2.45) is 0 Å². The number of halogens is 1. The van der Waals surface area contributed by atoms with Gasteiger partial charge in [0.2, 0.25) is 0 Å². The van der Waals surface area contributed by atoms with E-state index in [1.807, 2.05) is 0 Å². The van der Waals surface area contributed by atoms with E-state index in [0.29, 0.717) is 17.9 Å². The first-order valence-electron chi connectivity index (χ1n) is 7.60. The van der Waals surface area contributed by atoms with Crippen LogP contribution in [0.25, 0.3) is 0 Å². The molecule has 0 aliphatic rings. The van der Waals surface area contributed by atoms with Crippen LogP contribution in [0.2, 0.25) is 0 Å². The van der Waals surface area contributed by atoms with E-state index < -0.39 is 11.7 Å². The van der Waals surface area contributed by atoms with Gasteiger partial charge < -0.3 is 20.5 Å². The highest BCUT2D eigenvalue weighted by Crippen LogP contribution is 2.20. The summed E-state index contributed by atoms with van der Waals surface area (Å²) in [7, 11) is 1.54. The zero-order valence-electron chi connectivity index (χ0n) is 13.9. The average Bonchev–Trinajstić information content (AvgIpc) is 2.60. The average molecular weight is 345 g/mol. The van der Waals surface area contributed by atoms with Crippen molar-refractivity contribution < 1.29 is 18.7 Å². The van der Waals surface area contributed by atoms with Gasteiger partial charge in [-0.3, -0.25) is 4.79 Å². The molecule has 1 amide bonds. The molecule has 7 heteroatoms. The van der Waals surface area contributed by atoms with Crippen molar-refractivity contribution in [1.82, 2.24) is 10.3 Å². The number of carbonyl (C=O) groups is 1. The fraction of sp³-hybridized carbons (Fsp3) is 0.222. The molecule has 6 nitrogen and oxygen atoms in total. The Bertz CT molecular complexity index is 765. The van der Waals surface area contributed by atoms with Crippen LogP contribution in [-0.2, 0) is 17.9 Å². The van der Waals surface area contributed by atoms with Crippen molar-refractivity contribution in [3.05, 3.63) is 65.6 Å². The molecule has 0 aliphatic carbocycles. The molecular formula is C18H20FN3O3. The van der Waals surface area contributed by atoms with E-state index in [2.05, 4.69) is 16.9 Å².